The van der Waals surface area contributed by atoms with Gasteiger partial charge in [0.2, 0.25) is 0 Å². The van der Waals surface area contributed by atoms with E-state index in [-0.39, 0.29) is 6.03 Å². The van der Waals surface area contributed by atoms with Gasteiger partial charge in [0.25, 0.3) is 0 Å². The highest BCUT2D eigenvalue weighted by molar-refractivity contribution is 9.10. The summed E-state index contributed by atoms with van der Waals surface area (Å²) in [6, 6.07) is 0.297. The average Bonchev–Trinajstić information content (AvgIpc) is 2.76. The number of hydrogen-bond acceptors (Lipinski definition) is 2. The standard InChI is InChI=1S/C12H19BrN4O/c13-10-8-15-17(9-10)7-6-14-12(18)16-11-4-2-1-3-5-11/h8-9,11H,1-7H2,(H2,14,16,18). The van der Waals surface area contributed by atoms with Crippen LogP contribution in [0.25, 0.3) is 0 Å². The monoisotopic (exact) mass is 314 g/mol. The fraction of sp³-hybridized carbons (Fsp3) is 0.667. The third kappa shape index (κ3) is 4.33. The van der Waals surface area contributed by atoms with Gasteiger partial charge < -0.3 is 10.6 Å². The molecule has 18 heavy (non-hydrogen) atoms. The Bertz CT molecular complexity index is 387. The molecule has 1 saturated carbocycles. The quantitative estimate of drug-likeness (QED) is 0.895. The van der Waals surface area contributed by atoms with Crippen LogP contribution in [0, 0.1) is 0 Å². The summed E-state index contributed by atoms with van der Waals surface area (Å²) in [5, 5.41) is 10.0. The predicted octanol–water partition coefficient (Wildman–Crippen LogP) is 2.28. The third-order valence-electron chi connectivity index (χ3n) is 3.17. The number of rotatable bonds is 4. The Kier molecular flexibility index (Phi) is 5.04. The first kappa shape index (κ1) is 13.4. The van der Waals surface area contributed by atoms with Crippen LogP contribution in [0.4, 0.5) is 4.79 Å². The zero-order valence-corrected chi connectivity index (χ0v) is 11.9. The number of amides is 2. The summed E-state index contributed by atoms with van der Waals surface area (Å²) in [4.78, 5) is 11.6. The number of hydrogen-bond donors (Lipinski definition) is 2. The van der Waals surface area contributed by atoms with E-state index in [1.54, 1.807) is 10.9 Å². The molecule has 1 aromatic heterocycles. The molecule has 1 heterocycles. The molecule has 2 N–H and O–H groups in total. The molecule has 0 spiro atoms. The van der Waals surface area contributed by atoms with Gasteiger partial charge in [0, 0.05) is 18.8 Å². The Morgan fingerprint density at radius 1 is 1.44 bits per heavy atom. The van der Waals surface area contributed by atoms with Gasteiger partial charge in [-0.1, -0.05) is 19.3 Å². The molecule has 2 rings (SSSR count). The van der Waals surface area contributed by atoms with Crippen molar-refractivity contribution >= 4 is 22.0 Å². The molecule has 0 radical (unpaired) electrons. The van der Waals surface area contributed by atoms with E-state index in [0.29, 0.717) is 19.1 Å². The van der Waals surface area contributed by atoms with Crippen molar-refractivity contribution in [1.29, 1.82) is 0 Å². The predicted molar refractivity (Wildman–Crippen MR) is 73.3 cm³/mol. The highest BCUT2D eigenvalue weighted by Crippen LogP contribution is 2.17. The number of aromatic nitrogens is 2. The molecule has 1 fully saturated rings. The van der Waals surface area contributed by atoms with Crippen molar-refractivity contribution in [2.45, 2.75) is 44.7 Å². The summed E-state index contributed by atoms with van der Waals surface area (Å²) in [6.07, 6.45) is 9.61. The Balaban J connectivity index is 1.62. The Morgan fingerprint density at radius 2 is 2.22 bits per heavy atom. The number of carbonyl (C=O) groups is 1. The van der Waals surface area contributed by atoms with Crippen LogP contribution >= 0.6 is 15.9 Å². The van der Waals surface area contributed by atoms with Crippen LogP contribution in [0.3, 0.4) is 0 Å². The normalized spacial score (nSPS) is 16.5. The van der Waals surface area contributed by atoms with Gasteiger partial charge in [-0.25, -0.2) is 4.79 Å². The number of carbonyl (C=O) groups excluding carboxylic acids is 1. The molecular weight excluding hydrogens is 296 g/mol. The van der Waals surface area contributed by atoms with E-state index < -0.39 is 0 Å². The van der Waals surface area contributed by atoms with Crippen LogP contribution in [0.2, 0.25) is 0 Å². The maximum Gasteiger partial charge on any atom is 0.315 e. The molecule has 100 valence electrons. The second-order valence-electron chi connectivity index (χ2n) is 4.66. The second-order valence-corrected chi connectivity index (χ2v) is 5.57. The Morgan fingerprint density at radius 3 is 2.89 bits per heavy atom. The van der Waals surface area contributed by atoms with E-state index in [0.717, 1.165) is 17.3 Å². The Labute approximate surface area is 115 Å². The lowest BCUT2D eigenvalue weighted by Gasteiger charge is -2.22. The summed E-state index contributed by atoms with van der Waals surface area (Å²) in [5.74, 6) is 0. The summed E-state index contributed by atoms with van der Waals surface area (Å²) in [5.41, 5.74) is 0. The molecule has 0 unspecified atom stereocenters. The van der Waals surface area contributed by atoms with Gasteiger partial charge in [0.05, 0.1) is 17.2 Å². The summed E-state index contributed by atoms with van der Waals surface area (Å²) < 4.78 is 2.75. The van der Waals surface area contributed by atoms with Crippen molar-refractivity contribution in [2.24, 2.45) is 0 Å². The molecule has 0 aromatic carbocycles. The minimum atomic E-state index is -0.0619. The molecule has 6 heteroatoms. The van der Waals surface area contributed by atoms with E-state index in [2.05, 4.69) is 31.7 Å². The van der Waals surface area contributed by atoms with Crippen molar-refractivity contribution in [1.82, 2.24) is 20.4 Å². The highest BCUT2D eigenvalue weighted by Gasteiger charge is 2.14. The van der Waals surface area contributed by atoms with Crippen LogP contribution in [0.15, 0.2) is 16.9 Å². The largest absolute Gasteiger partial charge is 0.336 e. The van der Waals surface area contributed by atoms with Gasteiger partial charge in [-0.15, -0.1) is 0 Å². The maximum absolute atomic E-state index is 11.6. The SMILES string of the molecule is O=C(NCCn1cc(Br)cn1)NC1CCCCC1. The molecule has 5 nitrogen and oxygen atoms in total. The zero-order chi connectivity index (χ0) is 12.8. The van der Waals surface area contributed by atoms with Crippen LogP contribution in [-0.2, 0) is 6.54 Å². The maximum atomic E-state index is 11.6. The van der Waals surface area contributed by atoms with E-state index in [4.69, 9.17) is 0 Å². The fourth-order valence-corrected chi connectivity index (χ4v) is 2.56. The molecule has 1 aliphatic carbocycles. The number of halogens is 1. The van der Waals surface area contributed by atoms with Crippen molar-refractivity contribution < 1.29 is 4.79 Å². The molecule has 2 amide bonds. The van der Waals surface area contributed by atoms with Gasteiger partial charge in [0.15, 0.2) is 0 Å². The second kappa shape index (κ2) is 6.78. The van der Waals surface area contributed by atoms with E-state index in [1.165, 1.54) is 19.3 Å². The number of nitrogens with zero attached hydrogens (tertiary/aromatic N) is 2. The molecule has 1 aromatic rings. The molecule has 0 aliphatic heterocycles. The van der Waals surface area contributed by atoms with E-state index in [1.807, 2.05) is 6.20 Å². The fourth-order valence-electron chi connectivity index (χ4n) is 2.23. The first-order valence-electron chi connectivity index (χ1n) is 6.46. The van der Waals surface area contributed by atoms with Crippen LogP contribution in [0.1, 0.15) is 32.1 Å². The van der Waals surface area contributed by atoms with E-state index >= 15 is 0 Å². The first-order valence-corrected chi connectivity index (χ1v) is 7.25. The lowest BCUT2D eigenvalue weighted by Crippen LogP contribution is -2.43. The minimum absolute atomic E-state index is 0.0619. The van der Waals surface area contributed by atoms with Crippen LogP contribution < -0.4 is 10.6 Å². The van der Waals surface area contributed by atoms with Gasteiger partial charge >= 0.3 is 6.03 Å². The Hall–Kier alpha value is -1.04. The third-order valence-corrected chi connectivity index (χ3v) is 3.58. The lowest BCUT2D eigenvalue weighted by molar-refractivity contribution is 0.232. The summed E-state index contributed by atoms with van der Waals surface area (Å²) in [6.45, 7) is 1.27. The van der Waals surface area contributed by atoms with E-state index in [9.17, 15) is 4.79 Å². The van der Waals surface area contributed by atoms with Gasteiger partial charge in [-0.3, -0.25) is 4.68 Å². The summed E-state index contributed by atoms with van der Waals surface area (Å²) in [7, 11) is 0. The lowest BCUT2D eigenvalue weighted by atomic mass is 9.96. The van der Waals surface area contributed by atoms with Gasteiger partial charge in [-0.05, 0) is 28.8 Å². The molecule has 0 bridgehead atoms. The smallest absolute Gasteiger partial charge is 0.315 e. The molecule has 0 saturated heterocycles. The summed E-state index contributed by atoms with van der Waals surface area (Å²) >= 11 is 3.34. The van der Waals surface area contributed by atoms with Gasteiger partial charge in [0.1, 0.15) is 0 Å². The molecular formula is C12H19BrN4O. The topological polar surface area (TPSA) is 59.0 Å². The zero-order valence-electron chi connectivity index (χ0n) is 10.4. The molecule has 1 aliphatic rings. The highest BCUT2D eigenvalue weighted by atomic mass is 79.9. The van der Waals surface area contributed by atoms with Crippen LogP contribution in [0.5, 0.6) is 0 Å². The van der Waals surface area contributed by atoms with Gasteiger partial charge in [-0.2, -0.15) is 5.10 Å². The van der Waals surface area contributed by atoms with Crippen molar-refractivity contribution in [3.05, 3.63) is 16.9 Å². The first-order chi connectivity index (χ1) is 8.74. The van der Waals surface area contributed by atoms with Crippen molar-refractivity contribution in [3.8, 4) is 0 Å². The van der Waals surface area contributed by atoms with Crippen LogP contribution in [-0.4, -0.2) is 28.4 Å². The van der Waals surface area contributed by atoms with Crippen molar-refractivity contribution in [2.75, 3.05) is 6.54 Å². The molecule has 0 atom stereocenters. The minimum Gasteiger partial charge on any atom is -0.336 e. The average molecular weight is 315 g/mol. The number of nitrogens with one attached hydrogen (secondary N) is 2. The number of urea groups is 1. The van der Waals surface area contributed by atoms with Crippen molar-refractivity contribution in [3.63, 3.8) is 0 Å².